The average molecular weight is 755 g/mol. The van der Waals surface area contributed by atoms with Crippen molar-refractivity contribution in [2.45, 2.75) is 185 Å². The third-order valence-corrected chi connectivity index (χ3v) is 10.8. The lowest BCUT2D eigenvalue weighted by atomic mass is 9.85. The molecule has 0 saturated carbocycles. The van der Waals surface area contributed by atoms with Crippen molar-refractivity contribution in [1.29, 1.82) is 0 Å². The zero-order valence-electron chi connectivity index (χ0n) is 33.7. The summed E-state index contributed by atoms with van der Waals surface area (Å²) in [6.45, 7) is 15.8. The largest absolute Gasteiger partial charge is 0.458 e. The summed E-state index contributed by atoms with van der Waals surface area (Å²) in [5.74, 6) is -2.99. The molecule has 11 atom stereocenters. The number of allylic oxidation sites excluding steroid dienone is 8. The highest BCUT2D eigenvalue weighted by Gasteiger charge is 2.48. The van der Waals surface area contributed by atoms with Gasteiger partial charge in [-0.15, -0.1) is 0 Å². The van der Waals surface area contributed by atoms with Crippen molar-refractivity contribution in [2.24, 2.45) is 11.8 Å². The summed E-state index contributed by atoms with van der Waals surface area (Å²) in [6, 6.07) is 0. The minimum Gasteiger partial charge on any atom is -0.458 e. The Balaban J connectivity index is 1.36. The van der Waals surface area contributed by atoms with E-state index in [2.05, 4.69) is 26.8 Å². The topological polar surface area (TPSA) is 122 Å². The molecule has 10 nitrogen and oxygen atoms in total. The molecule has 5 aliphatic heterocycles. The number of rotatable bonds is 1. The second kappa shape index (κ2) is 18.7. The molecule has 10 heteroatoms. The number of carbonyl (C=O) groups is 1. The molecule has 4 saturated heterocycles. The molecule has 0 amide bonds. The lowest BCUT2D eigenvalue weighted by Gasteiger charge is -2.48. The Kier molecular flexibility index (Phi) is 14.8. The summed E-state index contributed by atoms with van der Waals surface area (Å²) in [7, 11) is 0. The second-order valence-corrected chi connectivity index (χ2v) is 17.2. The van der Waals surface area contributed by atoms with Crippen LogP contribution in [-0.4, -0.2) is 88.5 Å². The van der Waals surface area contributed by atoms with Crippen LogP contribution in [0.3, 0.4) is 0 Å². The molecule has 1 spiro atoms. The van der Waals surface area contributed by atoms with Crippen molar-refractivity contribution in [3.63, 3.8) is 0 Å². The molecule has 2 N–H and O–H groups in total. The van der Waals surface area contributed by atoms with Crippen LogP contribution in [0.15, 0.2) is 72.4 Å². The molecule has 54 heavy (non-hydrogen) atoms. The summed E-state index contributed by atoms with van der Waals surface area (Å²) < 4.78 is 45.0. The van der Waals surface area contributed by atoms with Crippen LogP contribution in [0.2, 0.25) is 0 Å². The van der Waals surface area contributed by atoms with Gasteiger partial charge in [0.05, 0.1) is 48.8 Å². The fourth-order valence-corrected chi connectivity index (χ4v) is 8.67. The SMILES string of the molecule is C\C1=C/C=C/C=C/C=C/C=C/C[C@@H]2C[C@H](O)C[C@@]3(C[C@H](O)C[C@H](/C=C/C[C@@H]4C[C@H](C[C@H]5C[C@H](OC(C)(C)O5)[C@H](C)[C@H](C(C)C)OC1=O)OC(C)(C)O4)O3)O2. The summed E-state index contributed by atoms with van der Waals surface area (Å²) in [5.41, 5.74) is 0.519. The van der Waals surface area contributed by atoms with E-state index < -0.39 is 29.6 Å². The zero-order valence-corrected chi connectivity index (χ0v) is 33.7. The molecule has 7 bridgehead atoms. The molecule has 302 valence electrons. The lowest BCUT2D eigenvalue weighted by molar-refractivity contribution is -0.331. The maximum absolute atomic E-state index is 13.3. The van der Waals surface area contributed by atoms with Gasteiger partial charge >= 0.3 is 5.97 Å². The number of aliphatic hydroxyl groups excluding tert-OH is 2. The fourth-order valence-electron chi connectivity index (χ4n) is 8.67. The first-order valence-electron chi connectivity index (χ1n) is 20.1. The fraction of sp³-hybridized carbons (Fsp3) is 0.705. The van der Waals surface area contributed by atoms with Gasteiger partial charge in [0.25, 0.3) is 0 Å². The highest BCUT2D eigenvalue weighted by molar-refractivity contribution is 5.88. The standard InChI is InChI=1S/C44H66O10/c1-29(2)40-31(4)39-26-38(51-43(7,8)54-39)25-37-24-36(49-42(5,6)50-37)21-17-20-35-23-33(46)28-44(53-35)27-32(45)22-34(52-44)19-16-14-12-10-9-11-13-15-18-30(3)41(47)48-40/h9-18,20,29,31-40,45-46H,19,21-28H2,1-8H3/b11-9+,12-10+,15-13+,16-14+,20-17+,30-18+/t31-,32-,33+,34+,35-,36+,37+,38-,39-,40-,44+/m0/s1. The molecule has 0 aromatic carbocycles. The summed E-state index contributed by atoms with van der Waals surface area (Å²) in [4.78, 5) is 13.3. The van der Waals surface area contributed by atoms with E-state index >= 15 is 0 Å². The Morgan fingerprint density at radius 1 is 0.667 bits per heavy atom. The number of hydrogen-bond acceptors (Lipinski definition) is 10. The summed E-state index contributed by atoms with van der Waals surface area (Å²) >= 11 is 0. The van der Waals surface area contributed by atoms with Gasteiger partial charge in [0, 0.05) is 56.4 Å². The van der Waals surface area contributed by atoms with Crippen molar-refractivity contribution in [3.05, 3.63) is 72.4 Å². The van der Waals surface area contributed by atoms with Gasteiger partial charge in [0.1, 0.15) is 6.10 Å². The smallest absolute Gasteiger partial charge is 0.334 e. The third-order valence-electron chi connectivity index (χ3n) is 10.8. The molecular formula is C44H66O10. The summed E-state index contributed by atoms with van der Waals surface area (Å²) in [6.07, 6.45) is 23.4. The molecule has 5 aliphatic rings. The molecular weight excluding hydrogens is 688 g/mol. The lowest BCUT2D eigenvalue weighted by Crippen LogP contribution is -2.54. The third kappa shape index (κ3) is 12.5. The van der Waals surface area contributed by atoms with Crippen molar-refractivity contribution in [3.8, 4) is 0 Å². The molecule has 5 rings (SSSR count). The van der Waals surface area contributed by atoms with Gasteiger partial charge in [0.2, 0.25) is 0 Å². The number of esters is 1. The Morgan fingerprint density at radius 2 is 1.22 bits per heavy atom. The van der Waals surface area contributed by atoms with Crippen LogP contribution in [0, 0.1) is 11.8 Å². The van der Waals surface area contributed by atoms with Crippen LogP contribution in [0.4, 0.5) is 0 Å². The quantitative estimate of drug-likeness (QED) is 0.204. The van der Waals surface area contributed by atoms with E-state index in [4.69, 9.17) is 33.2 Å². The normalized spacial score (nSPS) is 43.7. The van der Waals surface area contributed by atoms with Crippen LogP contribution >= 0.6 is 0 Å². The van der Waals surface area contributed by atoms with Crippen LogP contribution < -0.4 is 0 Å². The molecule has 4 fully saturated rings. The molecule has 0 aromatic heterocycles. The average Bonchev–Trinajstić information content (AvgIpc) is 3.04. The maximum Gasteiger partial charge on any atom is 0.334 e. The highest BCUT2D eigenvalue weighted by Crippen LogP contribution is 2.41. The second-order valence-electron chi connectivity index (χ2n) is 17.2. The number of hydrogen-bond donors (Lipinski definition) is 2. The number of cyclic esters (lactones) is 1. The minimum absolute atomic E-state index is 0.0789. The molecule has 0 aliphatic carbocycles. The van der Waals surface area contributed by atoms with Crippen molar-refractivity contribution in [1.82, 2.24) is 0 Å². The van der Waals surface area contributed by atoms with E-state index in [1.165, 1.54) is 0 Å². The van der Waals surface area contributed by atoms with E-state index in [0.29, 0.717) is 63.4 Å². The minimum atomic E-state index is -1.04. The van der Waals surface area contributed by atoms with Gasteiger partial charge in [-0.1, -0.05) is 87.6 Å². The predicted molar refractivity (Wildman–Crippen MR) is 207 cm³/mol. The number of carbonyl (C=O) groups excluding carboxylic acids is 1. The zero-order chi connectivity index (χ0) is 39.1. The Morgan fingerprint density at radius 3 is 1.93 bits per heavy atom. The van der Waals surface area contributed by atoms with Gasteiger partial charge in [-0.2, -0.15) is 0 Å². The first kappa shape index (κ1) is 42.7. The van der Waals surface area contributed by atoms with Crippen molar-refractivity contribution in [2.75, 3.05) is 0 Å². The first-order chi connectivity index (χ1) is 25.5. The maximum atomic E-state index is 13.3. The van der Waals surface area contributed by atoms with Crippen LogP contribution in [0.25, 0.3) is 0 Å². The molecule has 0 unspecified atom stereocenters. The molecule has 0 aromatic rings. The van der Waals surface area contributed by atoms with E-state index in [1.807, 2.05) is 82.4 Å². The number of ether oxygens (including phenoxy) is 7. The Hall–Kier alpha value is -2.41. The van der Waals surface area contributed by atoms with Crippen LogP contribution in [0.1, 0.15) is 113 Å². The van der Waals surface area contributed by atoms with Gasteiger partial charge in [0.15, 0.2) is 17.4 Å². The van der Waals surface area contributed by atoms with Crippen molar-refractivity contribution < 1.29 is 48.2 Å². The Bertz CT molecular complexity index is 1420. The molecule has 0 radical (unpaired) electrons. The van der Waals surface area contributed by atoms with Gasteiger partial charge in [-0.25, -0.2) is 4.79 Å². The number of aliphatic hydroxyl groups is 2. The number of fused-ring (bicyclic) bond motifs is 6. The van der Waals surface area contributed by atoms with E-state index in [-0.39, 0.29) is 60.5 Å². The molecule has 5 heterocycles. The predicted octanol–water partition coefficient (Wildman–Crippen LogP) is 7.70. The van der Waals surface area contributed by atoms with E-state index in [9.17, 15) is 15.0 Å². The monoisotopic (exact) mass is 754 g/mol. The van der Waals surface area contributed by atoms with E-state index in [1.54, 1.807) is 13.0 Å². The van der Waals surface area contributed by atoms with Gasteiger partial charge in [-0.3, -0.25) is 0 Å². The Labute approximate surface area is 323 Å². The van der Waals surface area contributed by atoms with Gasteiger partial charge < -0.3 is 43.4 Å². The summed E-state index contributed by atoms with van der Waals surface area (Å²) in [5, 5.41) is 21.8. The first-order valence-corrected chi connectivity index (χ1v) is 20.1. The van der Waals surface area contributed by atoms with Crippen LogP contribution in [0.5, 0.6) is 0 Å². The van der Waals surface area contributed by atoms with Crippen LogP contribution in [-0.2, 0) is 38.0 Å². The van der Waals surface area contributed by atoms with Crippen molar-refractivity contribution >= 4 is 5.97 Å². The van der Waals surface area contributed by atoms with Gasteiger partial charge in [-0.05, 0) is 53.4 Å². The highest BCUT2D eigenvalue weighted by atomic mass is 16.7. The van der Waals surface area contributed by atoms with E-state index in [0.717, 1.165) is 0 Å².